The molecule has 2 aromatic rings. The van der Waals surface area contributed by atoms with Crippen LogP contribution in [-0.2, 0) is 0 Å². The highest BCUT2D eigenvalue weighted by Crippen LogP contribution is 2.28. The molecule has 4 N–H and O–H groups in total. The first-order valence-corrected chi connectivity index (χ1v) is 6.72. The number of ether oxygens (including phenoxy) is 2. The lowest BCUT2D eigenvalue weighted by Crippen LogP contribution is -2.72. The molecule has 0 amide bonds. The van der Waals surface area contributed by atoms with Crippen LogP contribution < -0.4 is 25.5 Å². The molecule has 1 aromatic carbocycles. The normalized spacial score (nSPS) is 11.2. The molecule has 1 heterocycles. The van der Waals surface area contributed by atoms with Gasteiger partial charge in [0.1, 0.15) is 11.4 Å². The zero-order valence-corrected chi connectivity index (χ0v) is 13.1. The highest BCUT2D eigenvalue weighted by Gasteiger charge is 2.10. The molecule has 0 bridgehead atoms. The maximum absolute atomic E-state index is 5.96. The van der Waals surface area contributed by atoms with Crippen LogP contribution in [0.3, 0.4) is 0 Å². The molecule has 0 atom stereocenters. The van der Waals surface area contributed by atoms with Crippen molar-refractivity contribution in [1.82, 2.24) is 9.97 Å². The minimum Gasteiger partial charge on any atom is -0.497 e. The van der Waals surface area contributed by atoms with Gasteiger partial charge in [-0.1, -0.05) is 0 Å². The number of methoxy groups -OCH3 is 2. The van der Waals surface area contributed by atoms with Crippen LogP contribution in [0.4, 0.5) is 11.6 Å². The summed E-state index contributed by atoms with van der Waals surface area (Å²) in [6.45, 7) is 3.80. The Kier molecular flexibility index (Phi) is 4.77. The zero-order chi connectivity index (χ0) is 16.1. The van der Waals surface area contributed by atoms with E-state index in [0.717, 1.165) is 11.4 Å². The quantitative estimate of drug-likeness (QED) is 0.553. The van der Waals surface area contributed by atoms with E-state index in [4.69, 9.17) is 15.2 Å². The lowest BCUT2D eigenvalue weighted by molar-refractivity contribution is -0.365. The molecule has 22 heavy (non-hydrogen) atoms. The third-order valence-electron chi connectivity index (χ3n) is 2.91. The van der Waals surface area contributed by atoms with Gasteiger partial charge in [-0.05, 0) is 26.0 Å². The van der Waals surface area contributed by atoms with Gasteiger partial charge in [0.05, 0.1) is 25.6 Å². The Balaban J connectivity index is 2.24. The number of benzene rings is 1. The molecule has 0 saturated carbocycles. The third-order valence-corrected chi connectivity index (χ3v) is 2.91. The maximum Gasteiger partial charge on any atom is 0.354 e. The summed E-state index contributed by atoms with van der Waals surface area (Å²) in [6.07, 6.45) is 0. The van der Waals surface area contributed by atoms with Crippen LogP contribution in [0.2, 0.25) is 0 Å². The summed E-state index contributed by atoms with van der Waals surface area (Å²) >= 11 is 0. The van der Waals surface area contributed by atoms with Crippen molar-refractivity contribution >= 4 is 17.6 Å². The van der Waals surface area contributed by atoms with Gasteiger partial charge in [0.2, 0.25) is 0 Å². The molecule has 7 nitrogen and oxygen atoms in total. The molecule has 0 unspecified atom stereocenters. The SMILES string of the molecule is COc1ccc(NC(N)=[NH+]c2nc(C)cc(C)n2)c(OC)c1. The van der Waals surface area contributed by atoms with Crippen LogP contribution in [0, 0.1) is 13.8 Å². The van der Waals surface area contributed by atoms with Gasteiger partial charge in [-0.15, -0.1) is 9.97 Å². The Morgan fingerprint density at radius 3 is 2.36 bits per heavy atom. The number of aryl methyl sites for hydroxylation is 2. The van der Waals surface area contributed by atoms with Crippen LogP contribution in [0.1, 0.15) is 11.4 Å². The minimum atomic E-state index is 0.300. The number of rotatable bonds is 4. The summed E-state index contributed by atoms with van der Waals surface area (Å²) < 4.78 is 10.5. The van der Waals surface area contributed by atoms with E-state index in [9.17, 15) is 0 Å². The molecule has 0 fully saturated rings. The average molecular weight is 302 g/mol. The summed E-state index contributed by atoms with van der Waals surface area (Å²) in [6, 6.07) is 7.28. The van der Waals surface area contributed by atoms with E-state index >= 15 is 0 Å². The fourth-order valence-corrected chi connectivity index (χ4v) is 1.98. The molecule has 0 spiro atoms. The van der Waals surface area contributed by atoms with Crippen LogP contribution in [0.15, 0.2) is 24.3 Å². The molecular formula is C15H20N5O2+. The summed E-state index contributed by atoms with van der Waals surface area (Å²) in [4.78, 5) is 11.5. The molecule has 2 rings (SSSR count). The van der Waals surface area contributed by atoms with Gasteiger partial charge in [0, 0.05) is 12.1 Å². The van der Waals surface area contributed by atoms with Crippen molar-refractivity contribution in [3.05, 3.63) is 35.7 Å². The van der Waals surface area contributed by atoms with E-state index in [1.54, 1.807) is 20.3 Å². The van der Waals surface area contributed by atoms with Gasteiger partial charge in [-0.25, -0.2) is 4.99 Å². The average Bonchev–Trinajstić information content (AvgIpc) is 2.46. The second-order valence-electron chi connectivity index (χ2n) is 4.70. The van der Waals surface area contributed by atoms with E-state index < -0.39 is 0 Å². The number of hydrogen-bond acceptors (Lipinski definition) is 4. The standard InChI is InChI=1S/C15H19N5O2/c1-9-7-10(2)18-15(17-9)20-14(16)19-12-6-5-11(21-3)8-13(12)22-4/h5-8H,1-4H3,(H3,16,17,18,19,20)/p+1. The Labute approximate surface area is 129 Å². The lowest BCUT2D eigenvalue weighted by atomic mass is 10.2. The number of nitrogens with one attached hydrogen (secondary N) is 2. The van der Waals surface area contributed by atoms with Crippen molar-refractivity contribution in [2.45, 2.75) is 13.8 Å². The van der Waals surface area contributed by atoms with Crippen LogP contribution in [0.25, 0.3) is 0 Å². The monoisotopic (exact) mass is 302 g/mol. The van der Waals surface area contributed by atoms with Gasteiger partial charge < -0.3 is 15.2 Å². The number of aromatic nitrogens is 2. The molecule has 116 valence electrons. The molecule has 0 aliphatic rings. The summed E-state index contributed by atoms with van der Waals surface area (Å²) in [5.41, 5.74) is 8.40. The number of nitrogens with zero attached hydrogens (tertiary/aromatic N) is 2. The molecule has 7 heteroatoms. The fraction of sp³-hybridized carbons (Fsp3) is 0.267. The van der Waals surface area contributed by atoms with Crippen molar-refractivity contribution in [2.75, 3.05) is 19.5 Å². The highest BCUT2D eigenvalue weighted by molar-refractivity contribution is 5.90. The molecular weight excluding hydrogens is 282 g/mol. The smallest absolute Gasteiger partial charge is 0.354 e. The molecule has 0 aliphatic carbocycles. The van der Waals surface area contributed by atoms with Crippen molar-refractivity contribution in [3.63, 3.8) is 0 Å². The summed E-state index contributed by atoms with van der Waals surface area (Å²) in [7, 11) is 3.18. The first kappa shape index (κ1) is 15.6. The molecule has 1 aromatic heterocycles. The van der Waals surface area contributed by atoms with Gasteiger partial charge in [-0.3, -0.25) is 5.32 Å². The van der Waals surface area contributed by atoms with Crippen molar-refractivity contribution in [3.8, 4) is 11.5 Å². The topological polar surface area (TPSA) is 96.3 Å². The van der Waals surface area contributed by atoms with Crippen LogP contribution >= 0.6 is 0 Å². The lowest BCUT2D eigenvalue weighted by Gasteiger charge is -2.09. The van der Waals surface area contributed by atoms with Gasteiger partial charge in [-0.2, -0.15) is 0 Å². The highest BCUT2D eigenvalue weighted by atomic mass is 16.5. The van der Waals surface area contributed by atoms with Gasteiger partial charge in [0.15, 0.2) is 5.75 Å². The number of hydrogen-bond donors (Lipinski definition) is 3. The first-order valence-electron chi connectivity index (χ1n) is 6.72. The van der Waals surface area contributed by atoms with E-state index in [0.29, 0.717) is 29.1 Å². The van der Waals surface area contributed by atoms with Crippen molar-refractivity contribution < 1.29 is 14.5 Å². The van der Waals surface area contributed by atoms with Crippen LogP contribution in [0.5, 0.6) is 11.5 Å². The fourth-order valence-electron chi connectivity index (χ4n) is 1.98. The summed E-state index contributed by atoms with van der Waals surface area (Å²) in [5.74, 6) is 2.06. The molecule has 0 saturated heterocycles. The second-order valence-corrected chi connectivity index (χ2v) is 4.70. The Morgan fingerprint density at radius 2 is 1.77 bits per heavy atom. The molecule has 0 radical (unpaired) electrons. The Morgan fingerprint density at radius 1 is 1.09 bits per heavy atom. The Bertz CT molecular complexity index is 680. The van der Waals surface area contributed by atoms with E-state index in [1.165, 1.54) is 0 Å². The molecule has 0 aliphatic heterocycles. The Hall–Kier alpha value is -2.83. The summed E-state index contributed by atoms with van der Waals surface area (Å²) in [5, 5.41) is 3.02. The van der Waals surface area contributed by atoms with Crippen molar-refractivity contribution in [2.24, 2.45) is 5.73 Å². The van der Waals surface area contributed by atoms with Gasteiger partial charge in [0.25, 0.3) is 5.96 Å². The number of anilines is 1. The van der Waals surface area contributed by atoms with Crippen LogP contribution in [-0.4, -0.2) is 30.1 Å². The zero-order valence-electron chi connectivity index (χ0n) is 13.1. The predicted molar refractivity (Wildman–Crippen MR) is 84.5 cm³/mol. The first-order chi connectivity index (χ1) is 10.5. The third kappa shape index (κ3) is 3.85. The predicted octanol–water partition coefficient (Wildman–Crippen LogP) is 0.250. The van der Waals surface area contributed by atoms with Crippen molar-refractivity contribution in [1.29, 1.82) is 0 Å². The maximum atomic E-state index is 5.96. The largest absolute Gasteiger partial charge is 0.497 e. The number of guanidine groups is 1. The second kappa shape index (κ2) is 6.75. The van der Waals surface area contributed by atoms with Gasteiger partial charge >= 0.3 is 5.95 Å². The minimum absolute atomic E-state index is 0.300. The van der Waals surface area contributed by atoms with E-state index in [2.05, 4.69) is 20.3 Å². The number of nitrogens with two attached hydrogens (primary N) is 1. The van der Waals surface area contributed by atoms with E-state index in [1.807, 2.05) is 32.0 Å². The van der Waals surface area contributed by atoms with E-state index in [-0.39, 0.29) is 0 Å².